The predicted octanol–water partition coefficient (Wildman–Crippen LogP) is 2.76. The molecule has 0 radical (unpaired) electrons. The van der Waals surface area contributed by atoms with Gasteiger partial charge in [0.25, 0.3) is 0 Å². The maximum absolute atomic E-state index is 10.8. The van der Waals surface area contributed by atoms with Crippen LogP contribution in [0.2, 0.25) is 0 Å². The summed E-state index contributed by atoms with van der Waals surface area (Å²) in [6, 6.07) is 10.6. The van der Waals surface area contributed by atoms with Crippen molar-refractivity contribution in [2.24, 2.45) is 0 Å². The number of hydrogen-bond donors (Lipinski definition) is 1. The topological polar surface area (TPSA) is 68.7 Å². The van der Waals surface area contributed by atoms with Gasteiger partial charge in [-0.3, -0.25) is 0 Å². The first-order valence-electron chi connectivity index (χ1n) is 6.14. The number of benzene rings is 1. The smallest absolute Gasteiger partial charge is 0.354 e. The van der Waals surface area contributed by atoms with E-state index >= 15 is 0 Å². The van der Waals surface area contributed by atoms with Crippen molar-refractivity contribution in [3.05, 3.63) is 53.9 Å². The normalized spacial score (nSPS) is 10.2. The van der Waals surface area contributed by atoms with E-state index in [9.17, 15) is 4.79 Å². The van der Waals surface area contributed by atoms with E-state index in [0.717, 1.165) is 12.0 Å². The van der Waals surface area contributed by atoms with Crippen molar-refractivity contribution in [2.75, 3.05) is 13.7 Å². The Hall–Kier alpha value is -2.40. The molecule has 0 saturated heterocycles. The first kappa shape index (κ1) is 14.0. The van der Waals surface area contributed by atoms with Crippen LogP contribution in [0, 0.1) is 0 Å². The Morgan fingerprint density at radius 2 is 1.95 bits per heavy atom. The van der Waals surface area contributed by atoms with Gasteiger partial charge in [-0.2, -0.15) is 0 Å². The van der Waals surface area contributed by atoms with Gasteiger partial charge in [0.1, 0.15) is 11.5 Å². The second kappa shape index (κ2) is 6.68. The summed E-state index contributed by atoms with van der Waals surface area (Å²) in [4.78, 5) is 14.6. The second-order valence-electron chi connectivity index (χ2n) is 4.17. The van der Waals surface area contributed by atoms with Gasteiger partial charge < -0.3 is 14.6 Å². The SMILES string of the molecule is COCCc1ccc(Oc2ccnc(C(=O)O)c2)cc1. The van der Waals surface area contributed by atoms with Crippen molar-refractivity contribution in [2.45, 2.75) is 6.42 Å². The van der Waals surface area contributed by atoms with E-state index in [0.29, 0.717) is 18.1 Å². The van der Waals surface area contributed by atoms with Crippen LogP contribution < -0.4 is 4.74 Å². The highest BCUT2D eigenvalue weighted by Gasteiger charge is 2.06. The molecule has 0 atom stereocenters. The molecule has 0 aliphatic carbocycles. The van der Waals surface area contributed by atoms with Crippen LogP contribution in [0.25, 0.3) is 0 Å². The number of carboxylic acid groups (broad SMARTS) is 1. The zero-order chi connectivity index (χ0) is 14.4. The molecule has 0 fully saturated rings. The quantitative estimate of drug-likeness (QED) is 0.876. The van der Waals surface area contributed by atoms with E-state index < -0.39 is 5.97 Å². The molecular formula is C15H15NO4. The van der Waals surface area contributed by atoms with E-state index in [1.807, 2.05) is 24.3 Å². The standard InChI is InChI=1S/C15H15NO4/c1-19-9-7-11-2-4-12(5-3-11)20-13-6-8-16-14(10-13)15(17)18/h2-6,8,10H,7,9H2,1H3,(H,17,18). The van der Waals surface area contributed by atoms with Gasteiger partial charge in [-0.25, -0.2) is 9.78 Å². The van der Waals surface area contributed by atoms with Gasteiger partial charge in [0.05, 0.1) is 6.61 Å². The fourth-order valence-corrected chi connectivity index (χ4v) is 1.67. The molecule has 0 spiro atoms. The van der Waals surface area contributed by atoms with E-state index in [-0.39, 0.29) is 5.69 Å². The number of ether oxygens (including phenoxy) is 2. The molecular weight excluding hydrogens is 258 g/mol. The molecule has 0 aliphatic rings. The fourth-order valence-electron chi connectivity index (χ4n) is 1.67. The highest BCUT2D eigenvalue weighted by Crippen LogP contribution is 2.22. The number of carboxylic acids is 1. The number of nitrogens with zero attached hydrogens (tertiary/aromatic N) is 1. The Morgan fingerprint density at radius 1 is 1.20 bits per heavy atom. The average Bonchev–Trinajstić information content (AvgIpc) is 2.47. The highest BCUT2D eigenvalue weighted by molar-refractivity contribution is 5.85. The molecule has 1 heterocycles. The largest absolute Gasteiger partial charge is 0.477 e. The minimum Gasteiger partial charge on any atom is -0.477 e. The molecule has 1 N–H and O–H groups in total. The predicted molar refractivity (Wildman–Crippen MR) is 73.3 cm³/mol. The number of pyridine rings is 1. The molecule has 0 unspecified atom stereocenters. The van der Waals surface area contributed by atoms with Crippen molar-refractivity contribution < 1.29 is 19.4 Å². The summed E-state index contributed by atoms with van der Waals surface area (Å²) < 4.78 is 10.6. The van der Waals surface area contributed by atoms with Crippen LogP contribution in [0.5, 0.6) is 11.5 Å². The zero-order valence-corrected chi connectivity index (χ0v) is 11.1. The Labute approximate surface area is 116 Å². The number of methoxy groups -OCH3 is 1. The van der Waals surface area contributed by atoms with E-state index in [1.165, 1.54) is 12.3 Å². The highest BCUT2D eigenvalue weighted by atomic mass is 16.5. The summed E-state index contributed by atoms with van der Waals surface area (Å²) in [6.45, 7) is 0.673. The lowest BCUT2D eigenvalue weighted by molar-refractivity contribution is 0.0690. The van der Waals surface area contributed by atoms with Crippen molar-refractivity contribution in [1.29, 1.82) is 0 Å². The summed E-state index contributed by atoms with van der Waals surface area (Å²) in [5.74, 6) is 0.0149. The Balaban J connectivity index is 2.06. The van der Waals surface area contributed by atoms with Gasteiger partial charge in [-0.05, 0) is 30.2 Å². The van der Waals surface area contributed by atoms with Crippen LogP contribution in [-0.2, 0) is 11.2 Å². The molecule has 1 aromatic carbocycles. The third kappa shape index (κ3) is 3.80. The van der Waals surface area contributed by atoms with Crippen LogP contribution in [-0.4, -0.2) is 29.8 Å². The second-order valence-corrected chi connectivity index (χ2v) is 4.17. The number of aromatic carboxylic acids is 1. The molecule has 0 amide bonds. The molecule has 5 heteroatoms. The molecule has 2 rings (SSSR count). The van der Waals surface area contributed by atoms with Crippen LogP contribution in [0.3, 0.4) is 0 Å². The third-order valence-electron chi connectivity index (χ3n) is 2.70. The van der Waals surface area contributed by atoms with Crippen molar-refractivity contribution in [3.63, 3.8) is 0 Å². The number of rotatable bonds is 6. The van der Waals surface area contributed by atoms with Gasteiger partial charge in [-0.15, -0.1) is 0 Å². The monoisotopic (exact) mass is 273 g/mol. The lowest BCUT2D eigenvalue weighted by Gasteiger charge is -2.07. The molecule has 2 aromatic rings. The van der Waals surface area contributed by atoms with E-state index in [1.54, 1.807) is 13.2 Å². The number of hydrogen-bond acceptors (Lipinski definition) is 4. The third-order valence-corrected chi connectivity index (χ3v) is 2.70. The zero-order valence-electron chi connectivity index (χ0n) is 11.1. The molecule has 1 aromatic heterocycles. The van der Waals surface area contributed by atoms with Gasteiger partial charge in [-0.1, -0.05) is 12.1 Å². The summed E-state index contributed by atoms with van der Waals surface area (Å²) in [5.41, 5.74) is 1.11. The van der Waals surface area contributed by atoms with Gasteiger partial charge in [0.15, 0.2) is 5.69 Å². The fraction of sp³-hybridized carbons (Fsp3) is 0.200. The van der Waals surface area contributed by atoms with Crippen LogP contribution >= 0.6 is 0 Å². The summed E-state index contributed by atoms with van der Waals surface area (Å²) in [7, 11) is 1.67. The summed E-state index contributed by atoms with van der Waals surface area (Å²) in [6.07, 6.45) is 2.25. The van der Waals surface area contributed by atoms with Crippen molar-refractivity contribution in [1.82, 2.24) is 4.98 Å². The minimum atomic E-state index is -1.08. The molecule has 0 saturated carbocycles. The van der Waals surface area contributed by atoms with Gasteiger partial charge in [0, 0.05) is 19.4 Å². The first-order chi connectivity index (χ1) is 9.69. The first-order valence-corrected chi connectivity index (χ1v) is 6.14. The minimum absolute atomic E-state index is 0.0424. The van der Waals surface area contributed by atoms with Gasteiger partial charge in [0.2, 0.25) is 0 Å². The average molecular weight is 273 g/mol. The number of carbonyl (C=O) groups is 1. The van der Waals surface area contributed by atoms with Crippen molar-refractivity contribution >= 4 is 5.97 Å². The van der Waals surface area contributed by atoms with Gasteiger partial charge >= 0.3 is 5.97 Å². The molecule has 104 valence electrons. The Kier molecular flexibility index (Phi) is 4.68. The summed E-state index contributed by atoms with van der Waals surface area (Å²) >= 11 is 0. The summed E-state index contributed by atoms with van der Waals surface area (Å²) in [5, 5.41) is 8.86. The molecule has 0 aliphatic heterocycles. The van der Waals surface area contributed by atoms with E-state index in [2.05, 4.69) is 4.98 Å². The maximum atomic E-state index is 10.8. The molecule has 0 bridgehead atoms. The number of aromatic nitrogens is 1. The van der Waals surface area contributed by atoms with E-state index in [4.69, 9.17) is 14.6 Å². The molecule has 5 nitrogen and oxygen atoms in total. The Bertz CT molecular complexity index is 581. The maximum Gasteiger partial charge on any atom is 0.354 e. The van der Waals surface area contributed by atoms with Crippen LogP contribution in [0.15, 0.2) is 42.6 Å². The molecule has 20 heavy (non-hydrogen) atoms. The van der Waals surface area contributed by atoms with Crippen LogP contribution in [0.4, 0.5) is 0 Å². The Morgan fingerprint density at radius 3 is 2.60 bits per heavy atom. The lowest BCUT2D eigenvalue weighted by Crippen LogP contribution is -1.99. The van der Waals surface area contributed by atoms with Crippen LogP contribution in [0.1, 0.15) is 16.1 Å². The van der Waals surface area contributed by atoms with Crippen molar-refractivity contribution in [3.8, 4) is 11.5 Å². The lowest BCUT2D eigenvalue weighted by atomic mass is 10.1.